The number of nitrogens with zero attached hydrogens (tertiary/aromatic N) is 1. The third-order valence-electron chi connectivity index (χ3n) is 5.14. The number of amides is 1. The number of nitrogens with one attached hydrogen (secondary N) is 1. The minimum Gasteiger partial charge on any atom is -0.490 e. The summed E-state index contributed by atoms with van der Waals surface area (Å²) in [6.07, 6.45) is 4.45. The predicted octanol–water partition coefficient (Wildman–Crippen LogP) is 4.45. The third kappa shape index (κ3) is 5.89. The standard InChI is InChI=1S/C24H32N2O3/c1-3-28-22-14-11-20(18-23(22)29-4-2)24(27)25-15-7-8-19-9-12-21(13-10-19)26-16-5-6-17-26/h9-14,18H,3-8,15-17H2,1-2H3,(H,25,27). The molecule has 156 valence electrons. The molecule has 2 aromatic rings. The van der Waals surface area contributed by atoms with Gasteiger partial charge in [-0.05, 0) is 75.4 Å². The van der Waals surface area contributed by atoms with Crippen molar-refractivity contribution in [1.29, 1.82) is 0 Å². The molecule has 5 nitrogen and oxygen atoms in total. The number of hydrogen-bond acceptors (Lipinski definition) is 4. The Morgan fingerprint density at radius 3 is 2.34 bits per heavy atom. The number of ether oxygens (including phenoxy) is 2. The SMILES string of the molecule is CCOc1ccc(C(=O)NCCCc2ccc(N3CCCC3)cc2)cc1OCC. The van der Waals surface area contributed by atoms with Crippen molar-refractivity contribution in [2.45, 2.75) is 39.5 Å². The molecule has 1 fully saturated rings. The molecule has 3 rings (SSSR count). The van der Waals surface area contributed by atoms with Crippen molar-refractivity contribution in [1.82, 2.24) is 5.32 Å². The number of benzene rings is 2. The van der Waals surface area contributed by atoms with Gasteiger partial charge < -0.3 is 19.7 Å². The minimum atomic E-state index is -0.0848. The van der Waals surface area contributed by atoms with Gasteiger partial charge in [-0.25, -0.2) is 0 Å². The van der Waals surface area contributed by atoms with Gasteiger partial charge in [0.05, 0.1) is 13.2 Å². The first kappa shape index (κ1) is 21.0. The first-order valence-corrected chi connectivity index (χ1v) is 10.7. The number of carbonyl (C=O) groups is 1. The molecule has 0 aromatic heterocycles. The molecule has 0 atom stereocenters. The molecule has 1 amide bonds. The molecule has 0 unspecified atom stereocenters. The zero-order chi connectivity index (χ0) is 20.5. The summed E-state index contributed by atoms with van der Waals surface area (Å²) in [6.45, 7) is 7.91. The highest BCUT2D eigenvalue weighted by molar-refractivity contribution is 5.94. The van der Waals surface area contributed by atoms with Crippen molar-refractivity contribution in [3.05, 3.63) is 53.6 Å². The van der Waals surface area contributed by atoms with Crippen LogP contribution in [0.2, 0.25) is 0 Å². The molecule has 5 heteroatoms. The van der Waals surface area contributed by atoms with Crippen LogP contribution in [-0.2, 0) is 6.42 Å². The lowest BCUT2D eigenvalue weighted by atomic mass is 10.1. The lowest BCUT2D eigenvalue weighted by Gasteiger charge is -2.17. The Morgan fingerprint density at radius 1 is 0.966 bits per heavy atom. The smallest absolute Gasteiger partial charge is 0.251 e. The maximum Gasteiger partial charge on any atom is 0.251 e. The number of hydrogen-bond donors (Lipinski definition) is 1. The van der Waals surface area contributed by atoms with Crippen LogP contribution in [0.5, 0.6) is 11.5 Å². The fourth-order valence-corrected chi connectivity index (χ4v) is 3.64. The van der Waals surface area contributed by atoms with E-state index in [0.717, 1.165) is 12.8 Å². The largest absolute Gasteiger partial charge is 0.490 e. The lowest BCUT2D eigenvalue weighted by molar-refractivity contribution is 0.0952. The summed E-state index contributed by atoms with van der Waals surface area (Å²) in [4.78, 5) is 14.9. The first-order chi connectivity index (χ1) is 14.2. The van der Waals surface area contributed by atoms with E-state index in [2.05, 4.69) is 34.5 Å². The van der Waals surface area contributed by atoms with E-state index in [4.69, 9.17) is 9.47 Å². The van der Waals surface area contributed by atoms with Gasteiger partial charge in [0.1, 0.15) is 0 Å². The Bertz CT molecular complexity index is 783. The molecule has 0 saturated carbocycles. The molecule has 0 spiro atoms. The highest BCUT2D eigenvalue weighted by Gasteiger charge is 2.12. The van der Waals surface area contributed by atoms with Gasteiger partial charge in [-0.2, -0.15) is 0 Å². The first-order valence-electron chi connectivity index (χ1n) is 10.7. The van der Waals surface area contributed by atoms with Crippen molar-refractivity contribution < 1.29 is 14.3 Å². The molecule has 0 aliphatic carbocycles. The van der Waals surface area contributed by atoms with Gasteiger partial charge in [0.2, 0.25) is 0 Å². The van der Waals surface area contributed by atoms with Gasteiger partial charge in [-0.1, -0.05) is 12.1 Å². The fourth-order valence-electron chi connectivity index (χ4n) is 3.64. The number of rotatable bonds is 10. The van der Waals surface area contributed by atoms with E-state index >= 15 is 0 Å². The zero-order valence-corrected chi connectivity index (χ0v) is 17.6. The van der Waals surface area contributed by atoms with Gasteiger partial charge in [-0.3, -0.25) is 4.79 Å². The molecule has 1 heterocycles. The van der Waals surface area contributed by atoms with Gasteiger partial charge >= 0.3 is 0 Å². The number of anilines is 1. The third-order valence-corrected chi connectivity index (χ3v) is 5.14. The van der Waals surface area contributed by atoms with Crippen LogP contribution in [0.25, 0.3) is 0 Å². The Hall–Kier alpha value is -2.69. The van der Waals surface area contributed by atoms with Crippen LogP contribution in [0.15, 0.2) is 42.5 Å². The van der Waals surface area contributed by atoms with Crippen molar-refractivity contribution in [3.8, 4) is 11.5 Å². The molecule has 2 aromatic carbocycles. The minimum absolute atomic E-state index is 0.0848. The van der Waals surface area contributed by atoms with Crippen LogP contribution in [0.4, 0.5) is 5.69 Å². The monoisotopic (exact) mass is 396 g/mol. The summed E-state index contributed by atoms with van der Waals surface area (Å²) in [6, 6.07) is 14.2. The summed E-state index contributed by atoms with van der Waals surface area (Å²) in [5.74, 6) is 1.20. The molecular formula is C24H32N2O3. The van der Waals surface area contributed by atoms with Gasteiger partial charge in [-0.15, -0.1) is 0 Å². The van der Waals surface area contributed by atoms with Crippen molar-refractivity contribution >= 4 is 11.6 Å². The molecule has 0 bridgehead atoms. The second-order valence-corrected chi connectivity index (χ2v) is 7.25. The average molecular weight is 397 g/mol. The van der Waals surface area contributed by atoms with E-state index in [0.29, 0.717) is 36.8 Å². The number of carbonyl (C=O) groups excluding carboxylic acids is 1. The summed E-state index contributed by atoms with van der Waals surface area (Å²) >= 11 is 0. The van der Waals surface area contributed by atoms with Crippen molar-refractivity contribution in [2.75, 3.05) is 37.7 Å². The molecule has 29 heavy (non-hydrogen) atoms. The summed E-state index contributed by atoms with van der Waals surface area (Å²) in [7, 11) is 0. The Labute approximate surface area is 174 Å². The molecule has 1 aliphatic heterocycles. The van der Waals surface area contributed by atoms with Crippen LogP contribution in [0, 0.1) is 0 Å². The van der Waals surface area contributed by atoms with Crippen LogP contribution >= 0.6 is 0 Å². The second-order valence-electron chi connectivity index (χ2n) is 7.25. The summed E-state index contributed by atoms with van der Waals surface area (Å²) < 4.78 is 11.2. The van der Waals surface area contributed by atoms with Crippen LogP contribution in [0.1, 0.15) is 49.0 Å². The second kappa shape index (κ2) is 10.7. The summed E-state index contributed by atoms with van der Waals surface area (Å²) in [5.41, 5.74) is 3.22. The highest BCUT2D eigenvalue weighted by atomic mass is 16.5. The van der Waals surface area contributed by atoms with Crippen LogP contribution in [0.3, 0.4) is 0 Å². The molecule has 1 saturated heterocycles. The van der Waals surface area contributed by atoms with E-state index in [1.807, 2.05) is 13.8 Å². The van der Waals surface area contributed by atoms with E-state index in [1.54, 1.807) is 18.2 Å². The van der Waals surface area contributed by atoms with Gasteiger partial charge in [0, 0.05) is 30.9 Å². The molecule has 0 radical (unpaired) electrons. The normalized spacial score (nSPS) is 13.4. The zero-order valence-electron chi connectivity index (χ0n) is 17.6. The quantitative estimate of drug-likeness (QED) is 0.603. The number of aryl methyl sites for hydroxylation is 1. The molecular weight excluding hydrogens is 364 g/mol. The Kier molecular flexibility index (Phi) is 7.79. The van der Waals surface area contributed by atoms with E-state index < -0.39 is 0 Å². The maximum atomic E-state index is 12.5. The van der Waals surface area contributed by atoms with Gasteiger partial charge in [0.25, 0.3) is 5.91 Å². The van der Waals surface area contributed by atoms with Crippen molar-refractivity contribution in [3.63, 3.8) is 0 Å². The average Bonchev–Trinajstić information content (AvgIpc) is 3.28. The van der Waals surface area contributed by atoms with Gasteiger partial charge in [0.15, 0.2) is 11.5 Å². The van der Waals surface area contributed by atoms with Crippen LogP contribution in [-0.4, -0.2) is 38.8 Å². The maximum absolute atomic E-state index is 12.5. The Morgan fingerprint density at radius 2 is 1.66 bits per heavy atom. The lowest BCUT2D eigenvalue weighted by Crippen LogP contribution is -2.24. The van der Waals surface area contributed by atoms with E-state index in [-0.39, 0.29) is 5.91 Å². The van der Waals surface area contributed by atoms with E-state index in [9.17, 15) is 4.79 Å². The fraction of sp³-hybridized carbons (Fsp3) is 0.458. The van der Waals surface area contributed by atoms with Crippen LogP contribution < -0.4 is 19.7 Å². The molecule has 1 N–H and O–H groups in total. The predicted molar refractivity (Wildman–Crippen MR) is 117 cm³/mol. The topological polar surface area (TPSA) is 50.8 Å². The molecule has 1 aliphatic rings. The summed E-state index contributed by atoms with van der Waals surface area (Å²) in [5, 5.41) is 3.00. The highest BCUT2D eigenvalue weighted by Crippen LogP contribution is 2.28. The Balaban J connectivity index is 1.46. The van der Waals surface area contributed by atoms with E-state index in [1.165, 1.54) is 37.2 Å². The van der Waals surface area contributed by atoms with Crippen molar-refractivity contribution in [2.24, 2.45) is 0 Å².